The van der Waals surface area contributed by atoms with Gasteiger partial charge in [-0.25, -0.2) is 4.79 Å². The van der Waals surface area contributed by atoms with Crippen molar-refractivity contribution in [2.75, 3.05) is 47.2 Å². The minimum absolute atomic E-state index is 0.00187. The Kier molecular flexibility index (Phi) is 15.1. The van der Waals surface area contributed by atoms with Crippen molar-refractivity contribution in [2.45, 2.75) is 69.3 Å². The topological polar surface area (TPSA) is 172 Å². The molecule has 0 unspecified atom stereocenters. The molecule has 3 aliphatic rings. The first-order valence-corrected chi connectivity index (χ1v) is 20.3. The molecule has 1 heterocycles. The molecule has 2 aliphatic carbocycles. The molecule has 6 rings (SSSR count). The van der Waals surface area contributed by atoms with Gasteiger partial charge < -0.3 is 43.6 Å². The predicted molar refractivity (Wildman–Crippen MR) is 220 cm³/mol. The van der Waals surface area contributed by atoms with Gasteiger partial charge in [0, 0.05) is 44.2 Å². The van der Waals surface area contributed by atoms with E-state index in [1.54, 1.807) is 31.3 Å². The van der Waals surface area contributed by atoms with Crippen LogP contribution in [0.5, 0.6) is 17.2 Å². The fraction of sp³-hybridized carbons (Fsp3) is 0.467. The number of oxime groups is 1. The Morgan fingerprint density at radius 1 is 1.02 bits per heavy atom. The molecule has 0 radical (unpaired) electrons. The molecule has 1 saturated carbocycles. The van der Waals surface area contributed by atoms with Crippen LogP contribution in [-0.2, 0) is 25.7 Å². The van der Waals surface area contributed by atoms with E-state index in [9.17, 15) is 25.1 Å². The third-order valence-electron chi connectivity index (χ3n) is 11.4. The van der Waals surface area contributed by atoms with E-state index < -0.39 is 28.8 Å². The summed E-state index contributed by atoms with van der Waals surface area (Å²) in [5.41, 5.74) is 3.30. The lowest BCUT2D eigenvalue weighted by Gasteiger charge is -2.59. The molecule has 3 aromatic carbocycles. The van der Waals surface area contributed by atoms with Crippen LogP contribution in [0.2, 0.25) is 0 Å². The highest BCUT2D eigenvalue weighted by atomic mass is 16.7. The molecule has 14 heteroatoms. The number of unbranched alkanes of at least 4 members (excludes halogenated alkanes) is 2. The molecule has 0 spiro atoms. The standard InChI is InChI=1S/C45H55N3O11/c1-4-23-57-45-41(47(2)44(51)56-25-24-55-30-31-13-6-5-7-14-31)29-39(46-54-3)37-26-32(15-8-10-21-49)36(18-9-11-22-50)42(43(37)45)38-28-35(19-20-40(38)59-45)58-34-17-12-16-33(27-34)48(52)53/h4-7,12-14,16-17,19-20,26-28,32,36,41-43,49-50H,1,8-11,15,18,21-25,29-30H2,2-3H3/t32-,36+,41-,42+,43+,45+/m0/s1. The average Bonchev–Trinajstić information content (AvgIpc) is 3.24. The second kappa shape index (κ2) is 20.6. The van der Waals surface area contributed by atoms with Crippen LogP contribution in [0.1, 0.15) is 62.0 Å². The molecule has 2 N–H and O–H groups in total. The van der Waals surface area contributed by atoms with E-state index in [0.717, 1.165) is 42.4 Å². The Morgan fingerprint density at radius 2 is 1.78 bits per heavy atom. The second-order valence-corrected chi connectivity index (χ2v) is 15.1. The number of aliphatic hydroxyl groups excluding tert-OH is 2. The maximum Gasteiger partial charge on any atom is 0.410 e. The quantitative estimate of drug-likeness (QED) is 0.0463. The van der Waals surface area contributed by atoms with Gasteiger partial charge in [0.2, 0.25) is 5.79 Å². The van der Waals surface area contributed by atoms with Gasteiger partial charge in [0.15, 0.2) is 0 Å². The summed E-state index contributed by atoms with van der Waals surface area (Å²) >= 11 is 0. The van der Waals surface area contributed by atoms with Gasteiger partial charge in [-0.05, 0) is 72.9 Å². The predicted octanol–water partition coefficient (Wildman–Crippen LogP) is 7.94. The van der Waals surface area contributed by atoms with E-state index in [4.69, 9.17) is 28.5 Å². The van der Waals surface area contributed by atoms with Gasteiger partial charge in [-0.3, -0.25) is 10.1 Å². The van der Waals surface area contributed by atoms with Crippen molar-refractivity contribution in [1.82, 2.24) is 4.90 Å². The molecule has 1 amide bonds. The number of rotatable bonds is 21. The molecular formula is C45H55N3O11. The number of hydrogen-bond acceptors (Lipinski definition) is 12. The summed E-state index contributed by atoms with van der Waals surface area (Å²) in [4.78, 5) is 32.1. The third-order valence-corrected chi connectivity index (χ3v) is 11.4. The number of hydrogen-bond donors (Lipinski definition) is 2. The Balaban J connectivity index is 1.42. The number of nitro groups is 1. The van der Waals surface area contributed by atoms with Gasteiger partial charge in [-0.2, -0.15) is 0 Å². The van der Waals surface area contributed by atoms with Crippen molar-refractivity contribution in [3.8, 4) is 17.2 Å². The molecule has 0 saturated heterocycles. The van der Waals surface area contributed by atoms with Crippen LogP contribution in [0, 0.1) is 27.9 Å². The highest BCUT2D eigenvalue weighted by molar-refractivity contribution is 6.02. The highest BCUT2D eigenvalue weighted by Crippen LogP contribution is 2.62. The van der Waals surface area contributed by atoms with Crippen molar-refractivity contribution < 1.29 is 48.5 Å². The van der Waals surface area contributed by atoms with Crippen LogP contribution in [0.25, 0.3) is 0 Å². The summed E-state index contributed by atoms with van der Waals surface area (Å²) < 4.78 is 31.8. The number of carbonyl (C=O) groups is 1. The molecule has 316 valence electrons. The van der Waals surface area contributed by atoms with E-state index in [1.807, 2.05) is 42.5 Å². The number of non-ortho nitro benzene ring substituents is 1. The van der Waals surface area contributed by atoms with Crippen molar-refractivity contribution >= 4 is 17.5 Å². The lowest BCUT2D eigenvalue weighted by atomic mass is 9.55. The lowest BCUT2D eigenvalue weighted by Crippen LogP contribution is -2.69. The van der Waals surface area contributed by atoms with E-state index in [2.05, 4.69) is 17.8 Å². The summed E-state index contributed by atoms with van der Waals surface area (Å²) in [6.07, 6.45) is 7.90. The first-order valence-electron chi connectivity index (χ1n) is 20.3. The Labute approximate surface area is 345 Å². The average molecular weight is 814 g/mol. The van der Waals surface area contributed by atoms with Gasteiger partial charge in [-0.1, -0.05) is 66.5 Å². The fourth-order valence-electron chi connectivity index (χ4n) is 8.88. The Bertz CT molecular complexity index is 1960. The van der Waals surface area contributed by atoms with Crippen LogP contribution in [0.15, 0.2) is 102 Å². The molecule has 14 nitrogen and oxygen atoms in total. The Morgan fingerprint density at radius 3 is 2.51 bits per heavy atom. The molecule has 0 bridgehead atoms. The number of amides is 1. The number of likely N-dealkylation sites (N-methyl/N-ethyl adjacent to an activating group) is 1. The molecule has 0 aromatic heterocycles. The second-order valence-electron chi connectivity index (χ2n) is 15.1. The molecule has 1 fully saturated rings. The summed E-state index contributed by atoms with van der Waals surface area (Å²) in [6.45, 7) is 4.81. The highest BCUT2D eigenvalue weighted by Gasteiger charge is 2.65. The van der Waals surface area contributed by atoms with Crippen LogP contribution in [-0.4, -0.2) is 90.9 Å². The van der Waals surface area contributed by atoms with Crippen molar-refractivity contribution in [3.63, 3.8) is 0 Å². The van der Waals surface area contributed by atoms with Crippen molar-refractivity contribution in [1.29, 1.82) is 0 Å². The van der Waals surface area contributed by atoms with E-state index in [1.165, 1.54) is 24.1 Å². The van der Waals surface area contributed by atoms with Crippen molar-refractivity contribution in [2.24, 2.45) is 22.9 Å². The number of carbonyl (C=O) groups excluding carboxylic acids is 1. The summed E-state index contributed by atoms with van der Waals surface area (Å²) in [5, 5.41) is 35.8. The van der Waals surface area contributed by atoms with Gasteiger partial charge in [0.1, 0.15) is 37.0 Å². The van der Waals surface area contributed by atoms with Crippen molar-refractivity contribution in [3.05, 3.63) is 118 Å². The number of ether oxygens (including phenoxy) is 5. The zero-order valence-electron chi connectivity index (χ0n) is 33.8. The normalized spacial score (nSPS) is 23.6. The van der Waals surface area contributed by atoms with Crippen LogP contribution < -0.4 is 9.47 Å². The summed E-state index contributed by atoms with van der Waals surface area (Å²) in [6, 6.07) is 20.5. The number of allylic oxidation sites excluding steroid dienone is 1. The van der Waals surface area contributed by atoms with E-state index in [-0.39, 0.29) is 62.9 Å². The molecule has 59 heavy (non-hydrogen) atoms. The lowest BCUT2D eigenvalue weighted by molar-refractivity contribution is -0.384. The minimum atomic E-state index is -1.45. The minimum Gasteiger partial charge on any atom is -0.459 e. The maximum atomic E-state index is 14.0. The number of nitro benzene ring substituents is 1. The summed E-state index contributed by atoms with van der Waals surface area (Å²) in [5.74, 6) is -0.904. The SMILES string of the molecule is C=CCO[C@@]12Oc3ccc(Oc4cccc([N+](=O)[O-])c4)cc3[C@H]3[C@H](CCCCO)[C@@H](CCCCO)C=C(C(=NOC)C[C@@H]1N(C)C(=O)OCCOCc1ccccc1)[C@H]32. The van der Waals surface area contributed by atoms with E-state index in [0.29, 0.717) is 42.4 Å². The van der Waals surface area contributed by atoms with Gasteiger partial charge >= 0.3 is 6.09 Å². The smallest absolute Gasteiger partial charge is 0.410 e. The number of nitrogens with zero attached hydrogens (tertiary/aromatic N) is 3. The van der Waals surface area contributed by atoms with Gasteiger partial charge in [-0.15, -0.1) is 6.58 Å². The number of benzene rings is 3. The zero-order valence-corrected chi connectivity index (χ0v) is 33.8. The zero-order chi connectivity index (χ0) is 41.8. The monoisotopic (exact) mass is 813 g/mol. The first kappa shape index (κ1) is 43.3. The largest absolute Gasteiger partial charge is 0.459 e. The molecule has 1 aliphatic heterocycles. The van der Waals surface area contributed by atoms with Crippen LogP contribution in [0.4, 0.5) is 10.5 Å². The fourth-order valence-corrected chi connectivity index (χ4v) is 8.88. The van der Waals surface area contributed by atoms with Crippen LogP contribution in [0.3, 0.4) is 0 Å². The Hall–Kier alpha value is -5.28. The number of aliphatic hydroxyl groups is 2. The van der Waals surface area contributed by atoms with E-state index >= 15 is 0 Å². The van der Waals surface area contributed by atoms with Gasteiger partial charge in [0.25, 0.3) is 5.69 Å². The van der Waals surface area contributed by atoms with Crippen LogP contribution >= 0.6 is 0 Å². The first-order chi connectivity index (χ1) is 28.7. The summed E-state index contributed by atoms with van der Waals surface area (Å²) in [7, 11) is 3.16. The third kappa shape index (κ3) is 9.96. The molecular weight excluding hydrogens is 759 g/mol. The molecule has 6 atom stereocenters. The number of fused-ring (bicyclic) bond motifs is 2. The maximum absolute atomic E-state index is 14.0. The molecule has 3 aromatic rings. The van der Waals surface area contributed by atoms with Gasteiger partial charge in [0.05, 0.1) is 42.4 Å².